The number of carbonyl (C=O) groups is 1. The van der Waals surface area contributed by atoms with Crippen LogP contribution in [0, 0.1) is 11.3 Å². The maximum atomic E-state index is 12.2. The van der Waals surface area contributed by atoms with Crippen molar-refractivity contribution in [2.75, 3.05) is 19.6 Å². The fourth-order valence-electron chi connectivity index (χ4n) is 3.15. The first-order valence-electron chi connectivity index (χ1n) is 7.27. The van der Waals surface area contributed by atoms with Gasteiger partial charge in [-0.2, -0.15) is 0 Å². The average molecular weight is 254 g/mol. The standard InChI is InChI=1S/C14H26N2O2/c1-14(6-3-7-15-10-14)13(18)16-9-11-4-2-5-12(17)8-11/h11-12,15,17H,2-10H2,1H3,(H,16,18). The van der Waals surface area contributed by atoms with E-state index in [2.05, 4.69) is 10.6 Å². The molecule has 18 heavy (non-hydrogen) atoms. The van der Waals surface area contributed by atoms with Gasteiger partial charge in [0.25, 0.3) is 0 Å². The summed E-state index contributed by atoms with van der Waals surface area (Å²) in [5.74, 6) is 0.632. The topological polar surface area (TPSA) is 61.4 Å². The first-order chi connectivity index (χ1) is 8.60. The summed E-state index contributed by atoms with van der Waals surface area (Å²) in [5, 5.41) is 16.0. The van der Waals surface area contributed by atoms with Crippen LogP contribution in [0.3, 0.4) is 0 Å². The third-order valence-corrected chi connectivity index (χ3v) is 4.45. The Morgan fingerprint density at radius 3 is 2.94 bits per heavy atom. The molecule has 1 aliphatic heterocycles. The molecule has 0 spiro atoms. The summed E-state index contributed by atoms with van der Waals surface area (Å²) in [6, 6.07) is 0. The lowest BCUT2D eigenvalue weighted by atomic mass is 9.81. The number of carbonyl (C=O) groups excluding carboxylic acids is 1. The fraction of sp³-hybridized carbons (Fsp3) is 0.929. The zero-order valence-electron chi connectivity index (χ0n) is 11.4. The molecule has 2 fully saturated rings. The molecule has 2 rings (SSSR count). The van der Waals surface area contributed by atoms with Gasteiger partial charge >= 0.3 is 0 Å². The van der Waals surface area contributed by atoms with Crippen molar-refractivity contribution >= 4 is 5.91 Å². The number of amides is 1. The van der Waals surface area contributed by atoms with E-state index in [-0.39, 0.29) is 17.4 Å². The van der Waals surface area contributed by atoms with Crippen LogP contribution in [0.4, 0.5) is 0 Å². The minimum Gasteiger partial charge on any atom is -0.393 e. The molecule has 0 bridgehead atoms. The lowest BCUT2D eigenvalue weighted by molar-refractivity contribution is -0.131. The summed E-state index contributed by atoms with van der Waals surface area (Å²) in [7, 11) is 0. The van der Waals surface area contributed by atoms with Crippen molar-refractivity contribution in [2.45, 2.75) is 51.6 Å². The Morgan fingerprint density at radius 1 is 1.44 bits per heavy atom. The maximum Gasteiger partial charge on any atom is 0.227 e. The normalized spacial score (nSPS) is 37.2. The highest BCUT2D eigenvalue weighted by molar-refractivity contribution is 5.82. The Bertz CT molecular complexity index is 288. The minimum absolute atomic E-state index is 0.160. The van der Waals surface area contributed by atoms with E-state index in [9.17, 15) is 9.90 Å². The van der Waals surface area contributed by atoms with Crippen molar-refractivity contribution in [2.24, 2.45) is 11.3 Å². The van der Waals surface area contributed by atoms with E-state index in [0.29, 0.717) is 5.92 Å². The number of hydrogen-bond donors (Lipinski definition) is 3. The van der Waals surface area contributed by atoms with Gasteiger partial charge in [0.15, 0.2) is 0 Å². The molecule has 4 nitrogen and oxygen atoms in total. The van der Waals surface area contributed by atoms with Crippen LogP contribution >= 0.6 is 0 Å². The second-order valence-electron chi connectivity index (χ2n) is 6.24. The van der Waals surface area contributed by atoms with Crippen LogP contribution in [-0.2, 0) is 4.79 Å². The SMILES string of the molecule is CC1(C(=O)NCC2CCCC(O)C2)CCCNC1. The average Bonchev–Trinajstić information content (AvgIpc) is 2.37. The molecular weight excluding hydrogens is 228 g/mol. The van der Waals surface area contributed by atoms with Crippen LogP contribution in [0.2, 0.25) is 0 Å². The van der Waals surface area contributed by atoms with E-state index in [1.165, 1.54) is 0 Å². The van der Waals surface area contributed by atoms with E-state index in [1.807, 2.05) is 6.92 Å². The van der Waals surface area contributed by atoms with Crippen molar-refractivity contribution in [1.82, 2.24) is 10.6 Å². The summed E-state index contributed by atoms with van der Waals surface area (Å²) in [6.45, 7) is 4.58. The zero-order valence-corrected chi connectivity index (χ0v) is 11.4. The van der Waals surface area contributed by atoms with Gasteiger partial charge in [-0.15, -0.1) is 0 Å². The number of hydrogen-bond acceptors (Lipinski definition) is 3. The van der Waals surface area contributed by atoms with Gasteiger partial charge in [-0.1, -0.05) is 6.42 Å². The summed E-state index contributed by atoms with van der Waals surface area (Å²) >= 11 is 0. The second kappa shape index (κ2) is 6.02. The summed E-state index contributed by atoms with van der Waals surface area (Å²) in [4.78, 5) is 12.2. The van der Waals surface area contributed by atoms with Gasteiger partial charge in [-0.3, -0.25) is 4.79 Å². The number of rotatable bonds is 3. The molecule has 1 amide bonds. The van der Waals surface area contributed by atoms with Gasteiger partial charge in [-0.05, 0) is 51.5 Å². The van der Waals surface area contributed by atoms with E-state index < -0.39 is 0 Å². The Kier molecular flexibility index (Phi) is 4.62. The van der Waals surface area contributed by atoms with Crippen LogP contribution in [0.1, 0.15) is 45.4 Å². The third-order valence-electron chi connectivity index (χ3n) is 4.45. The molecular formula is C14H26N2O2. The van der Waals surface area contributed by atoms with Crippen molar-refractivity contribution in [3.05, 3.63) is 0 Å². The highest BCUT2D eigenvalue weighted by Crippen LogP contribution is 2.27. The number of nitrogens with one attached hydrogen (secondary N) is 2. The van der Waals surface area contributed by atoms with Gasteiger partial charge in [-0.25, -0.2) is 0 Å². The van der Waals surface area contributed by atoms with Gasteiger partial charge in [0.05, 0.1) is 11.5 Å². The molecule has 4 heteroatoms. The molecule has 0 radical (unpaired) electrons. The first-order valence-corrected chi connectivity index (χ1v) is 7.27. The Balaban J connectivity index is 1.76. The van der Waals surface area contributed by atoms with E-state index >= 15 is 0 Å². The summed E-state index contributed by atoms with van der Waals surface area (Å²) < 4.78 is 0. The van der Waals surface area contributed by atoms with Crippen LogP contribution < -0.4 is 10.6 Å². The van der Waals surface area contributed by atoms with E-state index in [1.54, 1.807) is 0 Å². The monoisotopic (exact) mass is 254 g/mol. The smallest absolute Gasteiger partial charge is 0.227 e. The molecule has 1 heterocycles. The van der Waals surface area contributed by atoms with Crippen molar-refractivity contribution < 1.29 is 9.90 Å². The molecule has 1 saturated heterocycles. The molecule has 104 valence electrons. The Hall–Kier alpha value is -0.610. The largest absolute Gasteiger partial charge is 0.393 e. The zero-order chi connectivity index (χ0) is 13.0. The van der Waals surface area contributed by atoms with Crippen molar-refractivity contribution in [3.63, 3.8) is 0 Å². The summed E-state index contributed by atoms with van der Waals surface area (Å²) in [6.07, 6.45) is 5.87. The van der Waals surface area contributed by atoms with Gasteiger partial charge in [0, 0.05) is 13.1 Å². The Morgan fingerprint density at radius 2 is 2.28 bits per heavy atom. The second-order valence-corrected chi connectivity index (χ2v) is 6.24. The highest BCUT2D eigenvalue weighted by atomic mass is 16.3. The maximum absolute atomic E-state index is 12.2. The molecule has 0 aromatic carbocycles. The molecule has 3 N–H and O–H groups in total. The van der Waals surface area contributed by atoms with Gasteiger partial charge in [0.2, 0.25) is 5.91 Å². The lowest BCUT2D eigenvalue weighted by Gasteiger charge is -2.34. The van der Waals surface area contributed by atoms with E-state index in [0.717, 1.165) is 58.2 Å². The van der Waals surface area contributed by atoms with E-state index in [4.69, 9.17) is 0 Å². The number of piperidine rings is 1. The van der Waals surface area contributed by atoms with Gasteiger partial charge < -0.3 is 15.7 Å². The quantitative estimate of drug-likeness (QED) is 0.705. The minimum atomic E-state index is -0.245. The molecule has 1 aliphatic carbocycles. The van der Waals surface area contributed by atoms with Crippen LogP contribution in [-0.4, -0.2) is 36.8 Å². The predicted molar refractivity (Wildman–Crippen MR) is 71.2 cm³/mol. The Labute approximate surface area is 110 Å². The van der Waals surface area contributed by atoms with Crippen LogP contribution in [0.15, 0.2) is 0 Å². The molecule has 2 aliphatic rings. The molecule has 3 unspecified atom stereocenters. The predicted octanol–water partition coefficient (Wildman–Crippen LogP) is 1.04. The van der Waals surface area contributed by atoms with Crippen LogP contribution in [0.25, 0.3) is 0 Å². The molecule has 3 atom stereocenters. The van der Waals surface area contributed by atoms with Crippen molar-refractivity contribution in [3.8, 4) is 0 Å². The third kappa shape index (κ3) is 3.45. The number of aliphatic hydroxyl groups excluding tert-OH is 1. The van der Waals surface area contributed by atoms with Crippen molar-refractivity contribution in [1.29, 1.82) is 0 Å². The van der Waals surface area contributed by atoms with Gasteiger partial charge in [0.1, 0.15) is 0 Å². The molecule has 1 saturated carbocycles. The number of aliphatic hydroxyl groups is 1. The van der Waals surface area contributed by atoms with Crippen LogP contribution in [0.5, 0.6) is 0 Å². The lowest BCUT2D eigenvalue weighted by Crippen LogP contribution is -2.49. The highest BCUT2D eigenvalue weighted by Gasteiger charge is 2.34. The molecule has 0 aromatic rings. The fourth-order valence-corrected chi connectivity index (χ4v) is 3.15. The summed E-state index contributed by atoms with van der Waals surface area (Å²) in [5.41, 5.74) is -0.245. The first kappa shape index (κ1) is 13.8. The molecule has 0 aromatic heterocycles.